The number of fused-ring (bicyclic) bond motifs is 1. The van der Waals surface area contributed by atoms with Crippen molar-refractivity contribution in [1.82, 2.24) is 42.2 Å². The van der Waals surface area contributed by atoms with Gasteiger partial charge in [0.15, 0.2) is 5.96 Å². The van der Waals surface area contributed by atoms with Gasteiger partial charge in [-0.1, -0.05) is 82.3 Å². The van der Waals surface area contributed by atoms with E-state index in [-0.39, 0.29) is 56.1 Å². The van der Waals surface area contributed by atoms with Crippen LogP contribution in [0.15, 0.2) is 90.1 Å². The summed E-state index contributed by atoms with van der Waals surface area (Å²) in [7, 11) is 1.92. The standard InChI is InChI=1S/C50H67N13O11S2/c1-26(65)39(41(52)67)62-48(74)40-50(2,3)76-75-25-38(61-42(68)32(51)20-27-10-5-4-6-11-27)47(73)58-35(21-28-15-17-30(66)18-16-28)44(70)59-36(22-29-23-56-33-13-8-7-12-31(29)33)45(71)57-34(14-9-19-55-49(53)54)43(69)60-37(24-64)46(72)63-40/h4-8,10-13,15-18,23,26,32,34-40,56,64-66H,9,14,19-22,24-25,51H2,1-3H3,(H2,52,67)(H,57,71)(H,58,73)(H,59,70)(H,60,69)(H,61,68)(H,62,74)(H,63,72)(H4,53,54,55)/t26-,32-,34+,35+,36+,37-,38+,39+,40+/m1/s1. The van der Waals surface area contributed by atoms with Gasteiger partial charge in [-0.05, 0) is 74.9 Å². The van der Waals surface area contributed by atoms with Crippen LogP contribution in [0.4, 0.5) is 0 Å². The molecule has 410 valence electrons. The van der Waals surface area contributed by atoms with E-state index in [1.165, 1.54) is 45.0 Å². The summed E-state index contributed by atoms with van der Waals surface area (Å²) in [6.45, 7) is 3.22. The Morgan fingerprint density at radius 3 is 2.01 bits per heavy atom. The fourth-order valence-corrected chi connectivity index (χ4v) is 10.9. The van der Waals surface area contributed by atoms with Gasteiger partial charge in [-0.2, -0.15) is 0 Å². The van der Waals surface area contributed by atoms with Crippen molar-refractivity contribution in [3.63, 3.8) is 0 Å². The zero-order valence-electron chi connectivity index (χ0n) is 42.1. The van der Waals surface area contributed by atoms with Gasteiger partial charge < -0.3 is 80.5 Å². The van der Waals surface area contributed by atoms with Gasteiger partial charge in [-0.25, -0.2) is 0 Å². The van der Waals surface area contributed by atoms with Crippen molar-refractivity contribution in [3.05, 3.63) is 102 Å². The molecule has 1 aliphatic heterocycles. The van der Waals surface area contributed by atoms with Crippen LogP contribution in [0.2, 0.25) is 0 Å². The van der Waals surface area contributed by atoms with Crippen LogP contribution in [0, 0.1) is 0 Å². The number of guanidine groups is 1. The number of aromatic nitrogens is 1. The first-order chi connectivity index (χ1) is 36.1. The maximum Gasteiger partial charge on any atom is 0.245 e. The Labute approximate surface area is 446 Å². The SMILES string of the molecule is C[C@@H](O)[C@H](NC(=O)[C@@H]1NC(=O)[C@@H](CO)NC(=O)[C@H](CCCN=C(N)N)NC(=O)[C@H](Cc2c[nH]c3ccccc23)NC(=O)[C@H](Cc2ccc(O)cc2)NC(=O)[C@@H](NC(=O)[C@H](N)Cc2ccccc2)CSSC1(C)C)C(N)=O. The molecule has 0 radical (unpaired) electrons. The summed E-state index contributed by atoms with van der Waals surface area (Å²) in [5.74, 6) is -8.13. The second-order valence-corrected chi connectivity index (χ2v) is 21.7. The summed E-state index contributed by atoms with van der Waals surface area (Å²) in [6, 6.07) is 9.85. The normalized spacial score (nSPS) is 22.2. The Bertz CT molecular complexity index is 2710. The molecule has 8 amide bonds. The van der Waals surface area contributed by atoms with Gasteiger partial charge in [-0.3, -0.25) is 43.3 Å². The van der Waals surface area contributed by atoms with Crippen molar-refractivity contribution in [1.29, 1.82) is 0 Å². The summed E-state index contributed by atoms with van der Waals surface area (Å²) >= 11 is 0. The number of primary amides is 1. The predicted octanol–water partition coefficient (Wildman–Crippen LogP) is -2.29. The Kier molecular flexibility index (Phi) is 21.9. The van der Waals surface area contributed by atoms with Crippen molar-refractivity contribution >= 4 is 85.7 Å². The first-order valence-electron chi connectivity index (χ1n) is 24.3. The number of aromatic amines is 1. The van der Waals surface area contributed by atoms with Crippen molar-refractivity contribution in [2.75, 3.05) is 18.9 Å². The van der Waals surface area contributed by atoms with Crippen LogP contribution >= 0.6 is 21.6 Å². The number of aliphatic hydroxyl groups excluding tert-OH is 2. The summed E-state index contributed by atoms with van der Waals surface area (Å²) in [5.41, 5.74) is 25.5. The molecule has 24 nitrogen and oxygen atoms in total. The number of carbonyl (C=O) groups is 8. The molecule has 0 aliphatic carbocycles. The van der Waals surface area contributed by atoms with E-state index in [4.69, 9.17) is 22.9 Å². The highest BCUT2D eigenvalue weighted by Crippen LogP contribution is 2.39. The van der Waals surface area contributed by atoms with E-state index >= 15 is 0 Å². The highest BCUT2D eigenvalue weighted by Gasteiger charge is 2.42. The zero-order valence-corrected chi connectivity index (χ0v) is 43.7. The molecule has 0 saturated carbocycles. The molecule has 0 unspecified atom stereocenters. The number of para-hydroxylation sites is 1. The second-order valence-electron chi connectivity index (χ2n) is 18.7. The molecular formula is C50H67N13O11S2. The number of rotatable bonds is 17. The third-order valence-electron chi connectivity index (χ3n) is 12.2. The molecule has 19 N–H and O–H groups in total. The van der Waals surface area contributed by atoms with E-state index in [9.17, 15) is 53.7 Å². The minimum Gasteiger partial charge on any atom is -0.508 e. The van der Waals surface area contributed by atoms with Crippen LogP contribution < -0.4 is 60.2 Å². The number of hydrogen-bond donors (Lipinski definition) is 15. The second kappa shape index (κ2) is 27.9. The van der Waals surface area contributed by atoms with Crippen LogP contribution in [-0.4, -0.2) is 152 Å². The lowest BCUT2D eigenvalue weighted by atomic mass is 10.00. The number of nitrogens with one attached hydrogen (secondary N) is 8. The Morgan fingerprint density at radius 1 is 0.776 bits per heavy atom. The number of aromatic hydroxyl groups is 1. The number of nitrogens with two attached hydrogens (primary N) is 4. The van der Waals surface area contributed by atoms with Gasteiger partial charge in [-0.15, -0.1) is 0 Å². The number of benzene rings is 3. The minimum absolute atomic E-state index is 0.000753. The lowest BCUT2D eigenvalue weighted by Crippen LogP contribution is -2.64. The van der Waals surface area contributed by atoms with E-state index in [1.54, 1.807) is 54.7 Å². The van der Waals surface area contributed by atoms with Gasteiger partial charge in [0.2, 0.25) is 47.3 Å². The summed E-state index contributed by atoms with van der Waals surface area (Å²) in [4.78, 5) is 120. The number of aliphatic imine (C=N–C) groups is 1. The molecule has 5 rings (SSSR count). The number of nitrogens with zero attached hydrogens (tertiary/aromatic N) is 1. The molecule has 4 aromatic rings. The fraction of sp³-hybridized carbons (Fsp3) is 0.420. The van der Waals surface area contributed by atoms with Crippen LogP contribution in [0.5, 0.6) is 5.75 Å². The average molecular weight is 1090 g/mol. The number of hydrogen-bond acceptors (Lipinski definition) is 15. The van der Waals surface area contributed by atoms with Gasteiger partial charge in [0.1, 0.15) is 48.0 Å². The highest BCUT2D eigenvalue weighted by molar-refractivity contribution is 8.77. The van der Waals surface area contributed by atoms with E-state index in [0.717, 1.165) is 27.2 Å². The van der Waals surface area contributed by atoms with Gasteiger partial charge in [0, 0.05) is 47.0 Å². The number of phenolic OH excluding ortho intramolecular Hbond substituents is 1. The number of phenols is 1. The molecule has 26 heteroatoms. The molecule has 1 aromatic heterocycles. The summed E-state index contributed by atoms with van der Waals surface area (Å²) in [6.07, 6.45) is -0.169. The molecule has 1 saturated heterocycles. The fourth-order valence-electron chi connectivity index (χ4n) is 8.05. The zero-order chi connectivity index (χ0) is 55.7. The van der Waals surface area contributed by atoms with E-state index in [0.29, 0.717) is 22.0 Å². The Morgan fingerprint density at radius 2 is 1.37 bits per heavy atom. The summed E-state index contributed by atoms with van der Waals surface area (Å²) in [5, 5.41) is 50.0. The third kappa shape index (κ3) is 17.3. The van der Waals surface area contributed by atoms with Gasteiger partial charge in [0.05, 0.1) is 18.8 Å². The predicted molar refractivity (Wildman–Crippen MR) is 287 cm³/mol. The molecular weight excluding hydrogens is 1020 g/mol. The molecule has 0 bridgehead atoms. The molecule has 2 heterocycles. The maximum absolute atomic E-state index is 14.8. The molecule has 9 atom stereocenters. The van der Waals surface area contributed by atoms with E-state index in [1.807, 2.05) is 6.07 Å². The van der Waals surface area contributed by atoms with Crippen molar-refractivity contribution in [3.8, 4) is 5.75 Å². The largest absolute Gasteiger partial charge is 0.508 e. The molecule has 0 spiro atoms. The molecule has 1 fully saturated rings. The lowest BCUT2D eigenvalue weighted by Gasteiger charge is -2.35. The van der Waals surface area contributed by atoms with Crippen LogP contribution in [0.3, 0.4) is 0 Å². The maximum atomic E-state index is 14.8. The Hall–Kier alpha value is -7.39. The first kappa shape index (κ1) is 59.5. The number of amides is 8. The number of H-pyrrole nitrogens is 1. The molecule has 1 aliphatic rings. The first-order valence-corrected chi connectivity index (χ1v) is 26.6. The van der Waals surface area contributed by atoms with E-state index in [2.05, 4.69) is 47.2 Å². The van der Waals surface area contributed by atoms with Crippen LogP contribution in [-0.2, 0) is 57.6 Å². The quantitative estimate of drug-likeness (QED) is 0.0229. The van der Waals surface area contributed by atoms with Crippen molar-refractivity contribution < 1.29 is 53.7 Å². The minimum atomic E-state index is -1.77. The third-order valence-corrected chi connectivity index (χ3v) is 15.5. The number of aliphatic hydroxyl groups is 2. The van der Waals surface area contributed by atoms with Gasteiger partial charge in [0.25, 0.3) is 0 Å². The summed E-state index contributed by atoms with van der Waals surface area (Å²) < 4.78 is -1.44. The highest BCUT2D eigenvalue weighted by atomic mass is 33.1. The van der Waals surface area contributed by atoms with Crippen molar-refractivity contribution in [2.45, 2.75) is 112 Å². The lowest BCUT2D eigenvalue weighted by molar-refractivity contribution is -0.136. The Balaban J connectivity index is 1.62. The smallest absolute Gasteiger partial charge is 0.245 e. The van der Waals surface area contributed by atoms with Crippen LogP contribution in [0.25, 0.3) is 10.9 Å². The molecule has 76 heavy (non-hydrogen) atoms. The topological polar surface area (TPSA) is 414 Å². The number of carbonyl (C=O) groups excluding carboxylic acids is 8. The van der Waals surface area contributed by atoms with Crippen molar-refractivity contribution in [2.24, 2.45) is 27.9 Å². The average Bonchev–Trinajstić information content (AvgIpc) is 3.78. The van der Waals surface area contributed by atoms with E-state index < -0.39 is 113 Å². The van der Waals surface area contributed by atoms with Gasteiger partial charge >= 0.3 is 0 Å². The monoisotopic (exact) mass is 1090 g/mol. The van der Waals surface area contributed by atoms with Crippen LogP contribution in [0.1, 0.15) is 50.3 Å². The molecule has 3 aromatic carbocycles.